The quantitative estimate of drug-likeness (QED) is 0.819. The van der Waals surface area contributed by atoms with Crippen molar-refractivity contribution in [3.63, 3.8) is 0 Å². The van der Waals surface area contributed by atoms with Gasteiger partial charge < -0.3 is 5.11 Å². The van der Waals surface area contributed by atoms with Crippen molar-refractivity contribution >= 4 is 34.0 Å². The largest absolute Gasteiger partial charge is 0.508 e. The Labute approximate surface area is 123 Å². The molecule has 0 fully saturated rings. The van der Waals surface area contributed by atoms with Crippen molar-refractivity contribution in [2.45, 2.75) is 6.54 Å². The summed E-state index contributed by atoms with van der Waals surface area (Å²) in [6.45, 7) is 2.18. The summed E-state index contributed by atoms with van der Waals surface area (Å²) in [5, 5.41) is 12.3. The number of aromatic hydroxyl groups is 1. The lowest BCUT2D eigenvalue weighted by Crippen LogP contribution is -2.27. The van der Waals surface area contributed by atoms with E-state index >= 15 is 0 Å². The number of alkyl halides is 2. The summed E-state index contributed by atoms with van der Waals surface area (Å²) in [4.78, 5) is 2.15. The molecule has 0 aliphatic rings. The molecular weight excluding hydrogens is 281 g/mol. The fraction of sp³-hybridized carbons (Fsp3) is 0.333. The van der Waals surface area contributed by atoms with Gasteiger partial charge in [0.1, 0.15) is 5.75 Å². The number of phenols is 1. The molecule has 102 valence electrons. The Morgan fingerprint density at radius 3 is 2.32 bits per heavy atom. The van der Waals surface area contributed by atoms with Crippen LogP contribution in [0.2, 0.25) is 0 Å². The summed E-state index contributed by atoms with van der Waals surface area (Å²) in [6.07, 6.45) is 0. The van der Waals surface area contributed by atoms with E-state index in [4.69, 9.17) is 23.2 Å². The van der Waals surface area contributed by atoms with Crippen molar-refractivity contribution in [1.29, 1.82) is 0 Å². The number of halogens is 2. The van der Waals surface area contributed by atoms with Gasteiger partial charge in [0.05, 0.1) is 0 Å². The molecule has 2 rings (SSSR count). The molecule has 0 aromatic heterocycles. The molecule has 2 aromatic rings. The molecule has 19 heavy (non-hydrogen) atoms. The Morgan fingerprint density at radius 2 is 1.63 bits per heavy atom. The lowest BCUT2D eigenvalue weighted by Gasteiger charge is -2.21. The van der Waals surface area contributed by atoms with Gasteiger partial charge >= 0.3 is 0 Å². The van der Waals surface area contributed by atoms with E-state index in [0.717, 1.165) is 29.4 Å². The van der Waals surface area contributed by atoms with Crippen LogP contribution < -0.4 is 0 Å². The van der Waals surface area contributed by atoms with Gasteiger partial charge in [-0.3, -0.25) is 4.90 Å². The number of fused-ring (bicyclic) bond motifs is 1. The SMILES string of the molecule is Oc1ccc2ccccc2c1CN(CCCl)CCCl. The highest BCUT2D eigenvalue weighted by Crippen LogP contribution is 2.28. The maximum atomic E-state index is 10.1. The van der Waals surface area contributed by atoms with Crippen molar-refractivity contribution in [3.05, 3.63) is 42.0 Å². The molecule has 0 heterocycles. The van der Waals surface area contributed by atoms with Gasteiger partial charge in [-0.1, -0.05) is 30.3 Å². The van der Waals surface area contributed by atoms with Crippen LogP contribution in [0.4, 0.5) is 0 Å². The average molecular weight is 298 g/mol. The maximum absolute atomic E-state index is 10.1. The number of phenolic OH excluding ortho intramolecular Hbond substituents is 1. The molecule has 0 saturated carbocycles. The standard InChI is InChI=1S/C15H17Cl2NO/c16-7-9-18(10-8-17)11-14-13-4-2-1-3-12(13)5-6-15(14)19/h1-6,19H,7-11H2. The highest BCUT2D eigenvalue weighted by molar-refractivity contribution is 6.18. The van der Waals surface area contributed by atoms with Crippen molar-refractivity contribution in [2.24, 2.45) is 0 Å². The topological polar surface area (TPSA) is 23.5 Å². The third-order valence-electron chi connectivity index (χ3n) is 3.20. The number of rotatable bonds is 6. The Morgan fingerprint density at radius 1 is 0.947 bits per heavy atom. The van der Waals surface area contributed by atoms with Gasteiger partial charge in [0, 0.05) is 37.0 Å². The van der Waals surface area contributed by atoms with E-state index in [-0.39, 0.29) is 0 Å². The van der Waals surface area contributed by atoms with Crippen LogP contribution in [0.15, 0.2) is 36.4 Å². The van der Waals surface area contributed by atoms with Crippen LogP contribution in [-0.4, -0.2) is 34.9 Å². The van der Waals surface area contributed by atoms with Crippen LogP contribution in [0.3, 0.4) is 0 Å². The second kappa shape index (κ2) is 6.99. The van der Waals surface area contributed by atoms with E-state index in [1.165, 1.54) is 0 Å². The summed E-state index contributed by atoms with van der Waals surface area (Å²) in [5.41, 5.74) is 0.938. The molecule has 1 N–H and O–H groups in total. The normalized spacial score (nSPS) is 11.3. The highest BCUT2D eigenvalue weighted by Gasteiger charge is 2.11. The molecular formula is C15H17Cl2NO. The molecule has 0 aliphatic heterocycles. The van der Waals surface area contributed by atoms with Crippen LogP contribution in [0.5, 0.6) is 5.75 Å². The summed E-state index contributed by atoms with van der Waals surface area (Å²) in [7, 11) is 0. The monoisotopic (exact) mass is 297 g/mol. The predicted octanol–water partition coefficient (Wildman–Crippen LogP) is 3.83. The highest BCUT2D eigenvalue weighted by atomic mass is 35.5. The van der Waals surface area contributed by atoms with Gasteiger partial charge in [-0.05, 0) is 16.8 Å². The maximum Gasteiger partial charge on any atom is 0.120 e. The number of hydrogen-bond donors (Lipinski definition) is 1. The van der Waals surface area contributed by atoms with Crippen LogP contribution in [0.1, 0.15) is 5.56 Å². The van der Waals surface area contributed by atoms with Crippen LogP contribution in [0.25, 0.3) is 10.8 Å². The van der Waals surface area contributed by atoms with E-state index < -0.39 is 0 Å². The summed E-state index contributed by atoms with van der Waals surface area (Å²) in [5.74, 6) is 1.44. The van der Waals surface area contributed by atoms with E-state index in [9.17, 15) is 5.11 Å². The zero-order valence-electron chi connectivity index (χ0n) is 10.6. The average Bonchev–Trinajstić information content (AvgIpc) is 2.42. The van der Waals surface area contributed by atoms with E-state index in [2.05, 4.69) is 4.90 Å². The van der Waals surface area contributed by atoms with Crippen LogP contribution >= 0.6 is 23.2 Å². The molecule has 4 heteroatoms. The molecule has 0 bridgehead atoms. The molecule has 0 spiro atoms. The van der Waals surface area contributed by atoms with Gasteiger partial charge in [-0.15, -0.1) is 23.2 Å². The van der Waals surface area contributed by atoms with Gasteiger partial charge in [0.2, 0.25) is 0 Å². The van der Waals surface area contributed by atoms with Crippen LogP contribution in [0, 0.1) is 0 Å². The molecule has 2 nitrogen and oxygen atoms in total. The van der Waals surface area contributed by atoms with E-state index in [0.29, 0.717) is 24.1 Å². The Hall–Kier alpha value is -0.960. The first-order valence-electron chi connectivity index (χ1n) is 6.30. The summed E-state index contributed by atoms with van der Waals surface area (Å²) >= 11 is 11.6. The van der Waals surface area contributed by atoms with Crippen molar-refractivity contribution in [3.8, 4) is 5.75 Å². The smallest absolute Gasteiger partial charge is 0.120 e. The molecule has 2 aromatic carbocycles. The molecule has 0 amide bonds. The number of nitrogens with zero attached hydrogens (tertiary/aromatic N) is 1. The second-order valence-corrected chi connectivity index (χ2v) is 5.19. The minimum absolute atomic E-state index is 0.327. The van der Waals surface area contributed by atoms with Crippen molar-refractivity contribution in [2.75, 3.05) is 24.8 Å². The zero-order chi connectivity index (χ0) is 13.7. The Kier molecular flexibility index (Phi) is 5.32. The van der Waals surface area contributed by atoms with E-state index in [1.807, 2.05) is 30.3 Å². The lowest BCUT2D eigenvalue weighted by atomic mass is 10.0. The Bertz CT molecular complexity index is 539. The fourth-order valence-corrected chi connectivity index (χ4v) is 2.70. The van der Waals surface area contributed by atoms with Gasteiger partial charge in [0.15, 0.2) is 0 Å². The lowest BCUT2D eigenvalue weighted by molar-refractivity contribution is 0.295. The zero-order valence-corrected chi connectivity index (χ0v) is 12.2. The second-order valence-electron chi connectivity index (χ2n) is 4.44. The molecule has 0 unspecified atom stereocenters. The predicted molar refractivity (Wildman–Crippen MR) is 82.3 cm³/mol. The molecule has 0 radical (unpaired) electrons. The number of benzene rings is 2. The minimum Gasteiger partial charge on any atom is -0.508 e. The van der Waals surface area contributed by atoms with Gasteiger partial charge in [0.25, 0.3) is 0 Å². The minimum atomic E-state index is 0.327. The molecule has 0 saturated heterocycles. The van der Waals surface area contributed by atoms with Crippen molar-refractivity contribution < 1.29 is 5.11 Å². The first kappa shape index (κ1) is 14.4. The van der Waals surface area contributed by atoms with E-state index in [1.54, 1.807) is 6.07 Å². The third-order valence-corrected chi connectivity index (χ3v) is 3.54. The first-order chi connectivity index (χ1) is 9.26. The molecule has 0 aliphatic carbocycles. The van der Waals surface area contributed by atoms with Crippen molar-refractivity contribution in [1.82, 2.24) is 4.90 Å². The Balaban J connectivity index is 2.34. The van der Waals surface area contributed by atoms with Gasteiger partial charge in [-0.25, -0.2) is 0 Å². The summed E-state index contributed by atoms with van der Waals surface area (Å²) in [6, 6.07) is 11.7. The number of hydrogen-bond acceptors (Lipinski definition) is 2. The summed E-state index contributed by atoms with van der Waals surface area (Å²) < 4.78 is 0. The fourth-order valence-electron chi connectivity index (χ4n) is 2.22. The third kappa shape index (κ3) is 3.53. The first-order valence-corrected chi connectivity index (χ1v) is 7.37. The molecule has 0 atom stereocenters. The van der Waals surface area contributed by atoms with Crippen LogP contribution in [-0.2, 0) is 6.54 Å². The van der Waals surface area contributed by atoms with Gasteiger partial charge in [-0.2, -0.15) is 0 Å².